The molecule has 1 saturated heterocycles. The van der Waals surface area contributed by atoms with Crippen LogP contribution in [-0.2, 0) is 14.8 Å². The first-order chi connectivity index (χ1) is 15.7. The number of nitrogens with two attached hydrogens (primary N) is 1. The van der Waals surface area contributed by atoms with Crippen molar-refractivity contribution >= 4 is 54.9 Å². The van der Waals surface area contributed by atoms with Gasteiger partial charge in [0.05, 0.1) is 23.4 Å². The van der Waals surface area contributed by atoms with E-state index in [-0.39, 0.29) is 22.7 Å². The number of nitriles is 1. The van der Waals surface area contributed by atoms with Gasteiger partial charge in [-0.15, -0.1) is 0 Å². The van der Waals surface area contributed by atoms with Crippen molar-refractivity contribution in [1.29, 1.82) is 5.26 Å². The number of sulfonamides is 1. The summed E-state index contributed by atoms with van der Waals surface area (Å²) in [5.74, 6) is -1.01. The molecule has 176 valence electrons. The molecule has 1 fully saturated rings. The number of hydrogen-bond donors (Lipinski definition) is 3. The number of rotatable bonds is 7. The molecular weight excluding hydrogens is 536 g/mol. The second-order valence-corrected chi connectivity index (χ2v) is 10.1. The van der Waals surface area contributed by atoms with Gasteiger partial charge in [-0.1, -0.05) is 23.7 Å². The highest BCUT2D eigenvalue weighted by molar-refractivity contribution is 9.10. The largest absolute Gasteiger partial charge is 0.504 e. The molecule has 2 aromatic rings. The van der Waals surface area contributed by atoms with Crippen LogP contribution in [-0.4, -0.2) is 50.8 Å². The topological polar surface area (TPSA) is 144 Å². The van der Waals surface area contributed by atoms with Gasteiger partial charge in [0.1, 0.15) is 5.69 Å². The van der Waals surface area contributed by atoms with Crippen molar-refractivity contribution in [3.8, 4) is 11.9 Å². The van der Waals surface area contributed by atoms with Crippen LogP contribution >= 0.6 is 27.5 Å². The second-order valence-electron chi connectivity index (χ2n) is 7.09. The molecule has 3 rings (SSSR count). The average Bonchev–Trinajstić information content (AvgIpc) is 3.19. The number of hydrogen-bond acceptors (Lipinski definition) is 7. The summed E-state index contributed by atoms with van der Waals surface area (Å²) < 4.78 is 35.1. The van der Waals surface area contributed by atoms with Gasteiger partial charge >= 0.3 is 0 Å². The number of nitrogens with one attached hydrogen (secondary N) is 1. The summed E-state index contributed by atoms with van der Waals surface area (Å²) in [5.41, 5.74) is 5.76. The molecule has 0 aromatic heterocycles. The Morgan fingerprint density at radius 2 is 2.18 bits per heavy atom. The van der Waals surface area contributed by atoms with Crippen LogP contribution in [0, 0.1) is 11.5 Å². The minimum atomic E-state index is -4.45. The van der Waals surface area contributed by atoms with Crippen LogP contribution in [0.2, 0.25) is 5.02 Å². The van der Waals surface area contributed by atoms with Crippen LogP contribution in [0.25, 0.3) is 0 Å². The summed E-state index contributed by atoms with van der Waals surface area (Å²) in [6, 6.07) is 9.22. The summed E-state index contributed by atoms with van der Waals surface area (Å²) in [5, 5.41) is 23.2. The lowest BCUT2D eigenvalue weighted by molar-refractivity contribution is 0.119. The summed E-state index contributed by atoms with van der Waals surface area (Å²) in [6.07, 6.45) is 3.08. The minimum Gasteiger partial charge on any atom is -0.504 e. The number of anilines is 1. The number of nitrogens with zero attached hydrogens (tertiary/aromatic N) is 4. The number of phenols is 1. The van der Waals surface area contributed by atoms with Crippen molar-refractivity contribution < 1.29 is 18.3 Å². The van der Waals surface area contributed by atoms with E-state index < -0.39 is 20.7 Å². The van der Waals surface area contributed by atoms with Gasteiger partial charge in [0, 0.05) is 18.1 Å². The van der Waals surface area contributed by atoms with Crippen LogP contribution in [0.4, 0.5) is 11.4 Å². The first-order valence-electron chi connectivity index (χ1n) is 9.78. The molecule has 0 saturated carbocycles. The van der Waals surface area contributed by atoms with Crippen LogP contribution in [0.5, 0.6) is 5.75 Å². The zero-order valence-corrected chi connectivity index (χ0v) is 20.7. The minimum absolute atomic E-state index is 0.167. The number of para-hydroxylation sites is 1. The Bertz CT molecular complexity index is 1200. The van der Waals surface area contributed by atoms with Crippen LogP contribution in [0.15, 0.2) is 50.8 Å². The number of aliphatic imine (C=N–C) groups is 1. The van der Waals surface area contributed by atoms with Gasteiger partial charge in [-0.25, -0.2) is 10.0 Å². The lowest BCUT2D eigenvalue weighted by Crippen LogP contribution is -2.50. The Morgan fingerprint density at radius 1 is 1.45 bits per heavy atom. The maximum Gasteiger partial charge on any atom is 0.283 e. The summed E-state index contributed by atoms with van der Waals surface area (Å²) in [6.45, 7) is 0.765. The molecular formula is C20H22BrClN6O4S. The zero-order chi connectivity index (χ0) is 24.2. The summed E-state index contributed by atoms with van der Waals surface area (Å²) in [7, 11) is -2.89. The molecule has 13 heteroatoms. The number of benzene rings is 2. The van der Waals surface area contributed by atoms with Crippen LogP contribution in [0.1, 0.15) is 12.8 Å². The third-order valence-electron chi connectivity index (χ3n) is 4.97. The maximum absolute atomic E-state index is 14.1. The van der Waals surface area contributed by atoms with E-state index in [0.29, 0.717) is 23.3 Å². The van der Waals surface area contributed by atoms with Crippen LogP contribution in [0.3, 0.4) is 0 Å². The highest BCUT2D eigenvalue weighted by Crippen LogP contribution is 2.43. The third-order valence-corrected chi connectivity index (χ3v) is 7.86. The molecule has 0 amide bonds. The third kappa shape index (κ3) is 5.18. The highest BCUT2D eigenvalue weighted by atomic mass is 79.9. The number of halogens is 2. The van der Waals surface area contributed by atoms with Crippen LogP contribution < -0.4 is 15.5 Å². The fourth-order valence-corrected chi connectivity index (χ4v) is 6.37. The van der Waals surface area contributed by atoms with Gasteiger partial charge in [0.2, 0.25) is 5.96 Å². The lowest BCUT2D eigenvalue weighted by atomic mass is 10.2. The molecule has 2 aromatic carbocycles. The van der Waals surface area contributed by atoms with Gasteiger partial charge < -0.3 is 15.6 Å². The number of ether oxygens (including phenoxy) is 1. The lowest BCUT2D eigenvalue weighted by Gasteiger charge is -2.37. The normalized spacial score (nSPS) is 17.0. The monoisotopic (exact) mass is 556 g/mol. The average molecular weight is 558 g/mol. The van der Waals surface area contributed by atoms with Crippen molar-refractivity contribution in [2.24, 2.45) is 10.7 Å². The van der Waals surface area contributed by atoms with E-state index in [1.54, 1.807) is 42.6 Å². The summed E-state index contributed by atoms with van der Waals surface area (Å²) in [4.78, 5) is 3.35. The fraction of sp³-hybridized carbons (Fsp3) is 0.300. The molecule has 1 aliphatic rings. The van der Waals surface area contributed by atoms with E-state index >= 15 is 0 Å². The van der Waals surface area contributed by atoms with E-state index in [1.807, 2.05) is 0 Å². The highest BCUT2D eigenvalue weighted by Gasteiger charge is 2.40. The van der Waals surface area contributed by atoms with Gasteiger partial charge in [-0.2, -0.15) is 18.1 Å². The Kier molecular flexibility index (Phi) is 8.04. The van der Waals surface area contributed by atoms with Crippen molar-refractivity contribution in [3.05, 3.63) is 45.9 Å². The van der Waals surface area contributed by atoms with Gasteiger partial charge in [0.25, 0.3) is 10.0 Å². The maximum atomic E-state index is 14.1. The number of phenolic OH excluding ortho intramolecular Hbond substituents is 1. The SMILES string of the molecule is COC[C@H]1CCCN1N(c1ccccc1Br)S(=O)(=O)c1c(Cl)ccc(N=C(N)NC#N)c1O. The Balaban J connectivity index is 2.22. The van der Waals surface area contributed by atoms with E-state index in [2.05, 4.69) is 26.2 Å². The molecule has 1 atom stereocenters. The summed E-state index contributed by atoms with van der Waals surface area (Å²) >= 11 is 9.72. The van der Waals surface area contributed by atoms with E-state index in [1.165, 1.54) is 12.1 Å². The van der Waals surface area contributed by atoms with Crippen molar-refractivity contribution in [2.45, 2.75) is 23.8 Å². The number of hydrazine groups is 1. The van der Waals surface area contributed by atoms with E-state index in [0.717, 1.165) is 17.3 Å². The molecule has 4 N–H and O–H groups in total. The Labute approximate surface area is 205 Å². The quantitative estimate of drug-likeness (QED) is 0.204. The molecule has 33 heavy (non-hydrogen) atoms. The number of guanidine groups is 1. The first-order valence-corrected chi connectivity index (χ1v) is 12.4. The molecule has 0 aliphatic carbocycles. The predicted molar refractivity (Wildman–Crippen MR) is 129 cm³/mol. The second kappa shape index (κ2) is 10.6. The molecule has 1 heterocycles. The predicted octanol–water partition coefficient (Wildman–Crippen LogP) is 3.05. The smallest absolute Gasteiger partial charge is 0.283 e. The molecule has 0 bridgehead atoms. The standard InChI is InChI=1S/C20H22BrClN6O4S/c1-32-11-13-5-4-10-27(13)28(17-7-3-2-6-14(17)21)33(30,31)19-15(22)8-9-16(18(19)29)26-20(24)25-12-23/h2-3,6-9,13,29H,4-5,10-11H2,1H3,(H3,24,25,26)/t13-/m1/s1. The fourth-order valence-electron chi connectivity index (χ4n) is 3.61. The Hall–Kier alpha value is -2.56. The molecule has 0 radical (unpaired) electrons. The molecule has 0 unspecified atom stereocenters. The number of methoxy groups -OCH3 is 1. The Morgan fingerprint density at radius 3 is 2.85 bits per heavy atom. The van der Waals surface area contributed by atoms with E-state index in [4.69, 9.17) is 27.3 Å². The first kappa shape index (κ1) is 25.1. The van der Waals surface area contributed by atoms with E-state index in [9.17, 15) is 13.5 Å². The van der Waals surface area contributed by atoms with Crippen molar-refractivity contribution in [3.63, 3.8) is 0 Å². The van der Waals surface area contributed by atoms with Gasteiger partial charge in [-0.05, 0) is 53.0 Å². The van der Waals surface area contributed by atoms with Crippen molar-refractivity contribution in [1.82, 2.24) is 10.3 Å². The molecule has 1 aliphatic heterocycles. The zero-order valence-electron chi connectivity index (χ0n) is 17.6. The van der Waals surface area contributed by atoms with Crippen molar-refractivity contribution in [2.75, 3.05) is 24.7 Å². The number of aromatic hydroxyl groups is 1. The molecule has 0 spiro atoms. The molecule has 10 nitrogen and oxygen atoms in total. The van der Waals surface area contributed by atoms with Gasteiger partial charge in [-0.3, -0.25) is 5.32 Å². The van der Waals surface area contributed by atoms with Gasteiger partial charge in [0.15, 0.2) is 16.8 Å².